The van der Waals surface area contributed by atoms with Crippen molar-refractivity contribution in [1.29, 1.82) is 0 Å². The molecule has 0 radical (unpaired) electrons. The quantitative estimate of drug-likeness (QED) is 0.486. The molecule has 0 bridgehead atoms. The van der Waals surface area contributed by atoms with E-state index >= 15 is 0 Å². The van der Waals surface area contributed by atoms with Crippen LogP contribution in [0.4, 0.5) is 14.5 Å². The summed E-state index contributed by atoms with van der Waals surface area (Å²) in [5, 5.41) is 3.41. The number of methoxy groups -OCH3 is 1. The van der Waals surface area contributed by atoms with E-state index < -0.39 is 11.6 Å². The molecule has 2 fully saturated rings. The van der Waals surface area contributed by atoms with Crippen LogP contribution in [-0.2, 0) is 17.9 Å². The normalized spacial score (nSPS) is 20.1. The highest BCUT2D eigenvalue weighted by atomic mass is 19.1. The molecule has 0 saturated carbocycles. The van der Waals surface area contributed by atoms with Gasteiger partial charge in [-0.25, -0.2) is 8.78 Å². The topological polar surface area (TPSA) is 48.1 Å². The number of para-hydroxylation sites is 2. The van der Waals surface area contributed by atoms with Crippen molar-refractivity contribution in [2.45, 2.75) is 31.6 Å². The smallest absolute Gasteiger partial charge is 0.240 e. The summed E-state index contributed by atoms with van der Waals surface area (Å²) in [4.78, 5) is 20.2. The minimum atomic E-state index is -0.586. The Bertz CT molecular complexity index is 1230. The lowest BCUT2D eigenvalue weighted by atomic mass is 10.1. The van der Waals surface area contributed by atoms with Crippen LogP contribution in [0.3, 0.4) is 0 Å². The molecule has 2 atom stereocenters. The van der Waals surface area contributed by atoms with Crippen molar-refractivity contribution in [3.63, 3.8) is 0 Å². The first-order valence-electron chi connectivity index (χ1n) is 13.1. The minimum Gasteiger partial charge on any atom is -0.495 e. The van der Waals surface area contributed by atoms with E-state index in [9.17, 15) is 13.6 Å². The van der Waals surface area contributed by atoms with Crippen LogP contribution in [0.1, 0.15) is 17.5 Å². The van der Waals surface area contributed by atoms with Crippen LogP contribution < -0.4 is 15.0 Å². The highest BCUT2D eigenvalue weighted by molar-refractivity contribution is 5.82. The number of halogens is 2. The van der Waals surface area contributed by atoms with E-state index in [1.807, 2.05) is 41.3 Å². The molecule has 5 rings (SSSR count). The number of ether oxygens (including phenoxy) is 1. The van der Waals surface area contributed by atoms with Gasteiger partial charge in [0.25, 0.3) is 0 Å². The monoisotopic (exact) mass is 520 g/mol. The number of hydrogen-bond acceptors (Lipinski definition) is 5. The van der Waals surface area contributed by atoms with E-state index in [1.54, 1.807) is 7.11 Å². The van der Waals surface area contributed by atoms with Crippen LogP contribution in [0.2, 0.25) is 0 Å². The fourth-order valence-corrected chi connectivity index (χ4v) is 5.49. The van der Waals surface area contributed by atoms with Crippen LogP contribution in [0.5, 0.6) is 5.75 Å². The molecule has 0 spiro atoms. The third-order valence-electron chi connectivity index (χ3n) is 7.53. The van der Waals surface area contributed by atoms with Crippen LogP contribution in [0.15, 0.2) is 72.8 Å². The van der Waals surface area contributed by atoms with Gasteiger partial charge in [-0.15, -0.1) is 0 Å². The summed E-state index contributed by atoms with van der Waals surface area (Å²) in [7, 11) is 1.68. The minimum absolute atomic E-state index is 0.0204. The van der Waals surface area contributed by atoms with Crippen molar-refractivity contribution in [3.8, 4) is 5.75 Å². The maximum absolute atomic E-state index is 14.2. The Morgan fingerprint density at radius 2 is 1.71 bits per heavy atom. The summed E-state index contributed by atoms with van der Waals surface area (Å²) < 4.78 is 33.0. The molecule has 1 amide bonds. The number of nitrogens with one attached hydrogen (secondary N) is 1. The summed E-state index contributed by atoms with van der Waals surface area (Å²) in [5.41, 5.74) is 2.62. The molecule has 38 heavy (non-hydrogen) atoms. The Morgan fingerprint density at radius 3 is 2.45 bits per heavy atom. The fourth-order valence-electron chi connectivity index (χ4n) is 5.49. The van der Waals surface area contributed by atoms with E-state index in [0.717, 1.165) is 36.2 Å². The van der Waals surface area contributed by atoms with Crippen molar-refractivity contribution in [3.05, 3.63) is 95.6 Å². The number of benzene rings is 3. The molecular formula is C30H34F2N4O2. The van der Waals surface area contributed by atoms with Crippen molar-refractivity contribution >= 4 is 11.6 Å². The van der Waals surface area contributed by atoms with Gasteiger partial charge in [0.05, 0.1) is 18.8 Å². The largest absolute Gasteiger partial charge is 0.495 e. The molecule has 2 aliphatic rings. The van der Waals surface area contributed by atoms with Crippen molar-refractivity contribution in [1.82, 2.24) is 15.1 Å². The fraction of sp³-hybridized carbons (Fsp3) is 0.367. The number of piperazine rings is 1. The van der Waals surface area contributed by atoms with E-state index in [-0.39, 0.29) is 24.5 Å². The molecule has 0 aliphatic carbocycles. The van der Waals surface area contributed by atoms with E-state index in [4.69, 9.17) is 4.74 Å². The number of hydrogen-bond donors (Lipinski definition) is 1. The van der Waals surface area contributed by atoms with Gasteiger partial charge >= 0.3 is 0 Å². The van der Waals surface area contributed by atoms with Crippen LogP contribution in [0.25, 0.3) is 0 Å². The Balaban J connectivity index is 1.25. The first-order valence-corrected chi connectivity index (χ1v) is 13.1. The number of nitrogens with zero attached hydrogens (tertiary/aromatic N) is 3. The average Bonchev–Trinajstić information content (AvgIpc) is 3.35. The molecule has 0 aromatic heterocycles. The lowest BCUT2D eigenvalue weighted by Gasteiger charge is -2.38. The van der Waals surface area contributed by atoms with Gasteiger partial charge < -0.3 is 19.9 Å². The zero-order valence-corrected chi connectivity index (χ0v) is 21.7. The molecule has 8 heteroatoms. The lowest BCUT2D eigenvalue weighted by molar-refractivity contribution is -0.136. The van der Waals surface area contributed by atoms with Crippen LogP contribution >= 0.6 is 0 Å². The molecule has 6 nitrogen and oxygen atoms in total. The Hall–Kier alpha value is -3.49. The molecule has 0 unspecified atom stereocenters. The van der Waals surface area contributed by atoms with E-state index in [0.29, 0.717) is 38.2 Å². The summed E-state index contributed by atoms with van der Waals surface area (Å²) in [6.07, 6.45) is 0.640. The van der Waals surface area contributed by atoms with Gasteiger partial charge in [0.15, 0.2) is 0 Å². The second kappa shape index (κ2) is 11.9. The van der Waals surface area contributed by atoms with Crippen molar-refractivity contribution in [2.75, 3.05) is 44.7 Å². The van der Waals surface area contributed by atoms with Crippen molar-refractivity contribution < 1.29 is 18.3 Å². The molecule has 2 saturated heterocycles. The predicted molar refractivity (Wildman–Crippen MR) is 144 cm³/mol. The summed E-state index contributed by atoms with van der Waals surface area (Å²) in [5.74, 6) is -0.170. The number of amides is 1. The first-order chi connectivity index (χ1) is 18.5. The molecule has 2 heterocycles. The van der Waals surface area contributed by atoms with Gasteiger partial charge in [-0.3, -0.25) is 9.69 Å². The molecule has 2 aliphatic heterocycles. The highest BCUT2D eigenvalue weighted by Gasteiger charge is 2.39. The van der Waals surface area contributed by atoms with Gasteiger partial charge in [0.1, 0.15) is 17.4 Å². The molecule has 200 valence electrons. The maximum atomic E-state index is 14.2. The third kappa shape index (κ3) is 5.97. The average molecular weight is 521 g/mol. The zero-order valence-electron chi connectivity index (χ0n) is 21.7. The van der Waals surface area contributed by atoms with E-state index in [2.05, 4.69) is 33.3 Å². The standard InChI is InChI=1S/C30H34F2N4O2/c1-38-29-10-6-5-9-27(29)34-13-15-35(16-14-34)30(37)28-18-25(21-36(28)20-22-7-3-2-4-8-22)33-19-23-11-12-24(31)17-26(23)32/h2-12,17,25,28,33H,13-16,18-21H2,1H3/t25-,28-/m0/s1. The lowest BCUT2D eigenvalue weighted by Crippen LogP contribution is -2.53. The van der Waals surface area contributed by atoms with Gasteiger partial charge in [0.2, 0.25) is 5.91 Å². The number of rotatable bonds is 8. The number of carbonyl (C=O) groups is 1. The Kier molecular flexibility index (Phi) is 8.20. The highest BCUT2D eigenvalue weighted by Crippen LogP contribution is 2.29. The van der Waals surface area contributed by atoms with Gasteiger partial charge in [0, 0.05) is 63.5 Å². The Morgan fingerprint density at radius 1 is 0.974 bits per heavy atom. The van der Waals surface area contributed by atoms with E-state index in [1.165, 1.54) is 12.1 Å². The van der Waals surface area contributed by atoms with Crippen LogP contribution in [-0.4, -0.2) is 67.6 Å². The first kappa shape index (κ1) is 26.1. The molecule has 3 aromatic rings. The second-order valence-corrected chi connectivity index (χ2v) is 9.96. The van der Waals surface area contributed by atoms with Gasteiger partial charge in [-0.1, -0.05) is 48.5 Å². The van der Waals surface area contributed by atoms with Crippen molar-refractivity contribution in [2.24, 2.45) is 0 Å². The molecule has 3 aromatic carbocycles. The summed E-state index contributed by atoms with van der Waals surface area (Å²) in [6, 6.07) is 21.5. The second-order valence-electron chi connectivity index (χ2n) is 9.96. The van der Waals surface area contributed by atoms with Gasteiger partial charge in [-0.2, -0.15) is 0 Å². The van der Waals surface area contributed by atoms with Crippen LogP contribution in [0, 0.1) is 11.6 Å². The number of anilines is 1. The predicted octanol–water partition coefficient (Wildman–Crippen LogP) is 4.05. The Labute approximate surface area is 222 Å². The SMILES string of the molecule is COc1ccccc1N1CCN(C(=O)[C@@H]2C[C@H](NCc3ccc(F)cc3F)CN2Cc2ccccc2)CC1. The summed E-state index contributed by atoms with van der Waals surface area (Å²) in [6.45, 7) is 4.40. The third-order valence-corrected chi connectivity index (χ3v) is 7.53. The molecular weight excluding hydrogens is 486 g/mol. The van der Waals surface area contributed by atoms with Gasteiger partial charge in [-0.05, 0) is 30.2 Å². The summed E-state index contributed by atoms with van der Waals surface area (Å²) >= 11 is 0. The molecule has 1 N–H and O–H groups in total. The number of likely N-dealkylation sites (tertiary alicyclic amines) is 1. The zero-order chi connectivity index (χ0) is 26.5. The maximum Gasteiger partial charge on any atom is 0.240 e. The number of carbonyl (C=O) groups excluding carboxylic acids is 1.